The van der Waals surface area contributed by atoms with E-state index in [9.17, 15) is 4.79 Å². The number of likely N-dealkylation sites (N-methyl/N-ethyl adjacent to an activating group) is 1. The lowest BCUT2D eigenvalue weighted by Gasteiger charge is -2.33. The van der Waals surface area contributed by atoms with Gasteiger partial charge in [0.15, 0.2) is 0 Å². The highest BCUT2D eigenvalue weighted by atomic mass is 16.5. The van der Waals surface area contributed by atoms with Gasteiger partial charge >= 0.3 is 0 Å². The van der Waals surface area contributed by atoms with Gasteiger partial charge in [-0.15, -0.1) is 0 Å². The first kappa shape index (κ1) is 19.0. The molecule has 0 saturated carbocycles. The number of amides is 1. The lowest BCUT2D eigenvalue weighted by molar-refractivity contribution is 0.0947. The van der Waals surface area contributed by atoms with Crippen LogP contribution in [0.3, 0.4) is 0 Å². The Kier molecular flexibility index (Phi) is 7.16. The third-order valence-corrected chi connectivity index (χ3v) is 5.04. The number of rotatable bonds is 7. The molecule has 0 bridgehead atoms. The van der Waals surface area contributed by atoms with E-state index in [-0.39, 0.29) is 5.91 Å². The van der Waals surface area contributed by atoms with Crippen molar-refractivity contribution in [2.45, 2.75) is 13.3 Å². The monoisotopic (exact) mass is 362 g/mol. The Morgan fingerprint density at radius 1 is 1.08 bits per heavy atom. The molecule has 0 aliphatic carbocycles. The van der Waals surface area contributed by atoms with E-state index in [2.05, 4.69) is 36.9 Å². The summed E-state index contributed by atoms with van der Waals surface area (Å²) in [4.78, 5) is 27.9. The predicted molar refractivity (Wildman–Crippen MR) is 101 cm³/mol. The largest absolute Gasteiger partial charge is 0.378 e. The highest BCUT2D eigenvalue weighted by Gasteiger charge is 2.16. The predicted octanol–water partition coefficient (Wildman–Crippen LogP) is 0.0706. The fourth-order valence-corrected chi connectivity index (χ4v) is 3.30. The van der Waals surface area contributed by atoms with Crippen LogP contribution in [0.5, 0.6) is 0 Å². The van der Waals surface area contributed by atoms with E-state index >= 15 is 0 Å². The molecular formula is C18H30N6O2. The number of carbonyl (C=O) groups excluding carboxylic acids is 1. The fourth-order valence-electron chi connectivity index (χ4n) is 3.30. The highest BCUT2D eigenvalue weighted by Crippen LogP contribution is 2.09. The van der Waals surface area contributed by atoms with Crippen LogP contribution in [0.15, 0.2) is 12.4 Å². The summed E-state index contributed by atoms with van der Waals surface area (Å²) < 4.78 is 5.33. The summed E-state index contributed by atoms with van der Waals surface area (Å²) in [6, 6.07) is 0. The van der Waals surface area contributed by atoms with E-state index in [1.807, 2.05) is 0 Å². The zero-order valence-corrected chi connectivity index (χ0v) is 15.7. The Bertz CT molecular complexity index is 553. The van der Waals surface area contributed by atoms with Crippen molar-refractivity contribution in [3.8, 4) is 0 Å². The van der Waals surface area contributed by atoms with E-state index < -0.39 is 0 Å². The molecule has 8 heteroatoms. The van der Waals surface area contributed by atoms with Crippen LogP contribution in [0.1, 0.15) is 23.7 Å². The number of nitrogens with zero attached hydrogens (tertiary/aromatic N) is 5. The maximum absolute atomic E-state index is 12.2. The smallest absolute Gasteiger partial charge is 0.254 e. The number of hydrogen-bond acceptors (Lipinski definition) is 7. The SMILES string of the molecule is CCN1CCN(CCCNC(=O)c2cnc(N3CCOCC3)nc2)CC1. The number of ether oxygens (including phenoxy) is 1. The van der Waals surface area contributed by atoms with Gasteiger partial charge in [0.25, 0.3) is 5.91 Å². The fraction of sp³-hybridized carbons (Fsp3) is 0.722. The molecule has 8 nitrogen and oxygen atoms in total. The third-order valence-electron chi connectivity index (χ3n) is 5.04. The molecule has 2 aliphatic rings. The second-order valence-corrected chi connectivity index (χ2v) is 6.76. The van der Waals surface area contributed by atoms with E-state index in [4.69, 9.17) is 4.74 Å². The molecule has 144 valence electrons. The normalized spacial score (nSPS) is 19.5. The Labute approximate surface area is 155 Å². The van der Waals surface area contributed by atoms with Gasteiger partial charge in [0.05, 0.1) is 18.8 Å². The molecular weight excluding hydrogens is 332 g/mol. The number of hydrogen-bond donors (Lipinski definition) is 1. The summed E-state index contributed by atoms with van der Waals surface area (Å²) in [6.45, 7) is 12.6. The van der Waals surface area contributed by atoms with Crippen molar-refractivity contribution in [1.82, 2.24) is 25.1 Å². The van der Waals surface area contributed by atoms with Crippen LogP contribution in [-0.2, 0) is 4.74 Å². The van der Waals surface area contributed by atoms with Gasteiger partial charge in [0.1, 0.15) is 0 Å². The number of nitrogens with one attached hydrogen (secondary N) is 1. The summed E-state index contributed by atoms with van der Waals surface area (Å²) in [5.74, 6) is 0.561. The van der Waals surface area contributed by atoms with Crippen LogP contribution in [0, 0.1) is 0 Å². The van der Waals surface area contributed by atoms with Crippen molar-refractivity contribution in [1.29, 1.82) is 0 Å². The average Bonchev–Trinajstić information content (AvgIpc) is 2.72. The minimum Gasteiger partial charge on any atom is -0.378 e. The van der Waals surface area contributed by atoms with Crippen LogP contribution in [0.2, 0.25) is 0 Å². The zero-order chi connectivity index (χ0) is 18.2. The Hall–Kier alpha value is -1.77. The first-order chi connectivity index (χ1) is 12.8. The molecule has 3 heterocycles. The van der Waals surface area contributed by atoms with Crippen molar-refractivity contribution in [3.05, 3.63) is 18.0 Å². The van der Waals surface area contributed by atoms with Crippen molar-refractivity contribution in [2.24, 2.45) is 0 Å². The molecule has 2 fully saturated rings. The summed E-state index contributed by atoms with van der Waals surface area (Å²) in [5, 5.41) is 2.97. The first-order valence-corrected chi connectivity index (χ1v) is 9.64. The Morgan fingerprint density at radius 2 is 1.73 bits per heavy atom. The Morgan fingerprint density at radius 3 is 2.38 bits per heavy atom. The maximum Gasteiger partial charge on any atom is 0.254 e. The molecule has 1 N–H and O–H groups in total. The van der Waals surface area contributed by atoms with Gasteiger partial charge in [-0.3, -0.25) is 4.79 Å². The minimum absolute atomic E-state index is 0.102. The van der Waals surface area contributed by atoms with Gasteiger partial charge in [0.2, 0.25) is 5.95 Å². The standard InChI is InChI=1S/C18H30N6O2/c1-2-22-6-8-23(9-7-22)5-3-4-19-17(25)16-14-20-18(21-15-16)24-10-12-26-13-11-24/h14-15H,2-13H2,1H3,(H,19,25). The second-order valence-electron chi connectivity index (χ2n) is 6.76. The van der Waals surface area contributed by atoms with Crippen molar-refractivity contribution >= 4 is 11.9 Å². The molecule has 0 unspecified atom stereocenters. The molecule has 0 aromatic carbocycles. The summed E-state index contributed by atoms with van der Waals surface area (Å²) >= 11 is 0. The van der Waals surface area contributed by atoms with Crippen LogP contribution >= 0.6 is 0 Å². The number of morpholine rings is 1. The van der Waals surface area contributed by atoms with Crippen LogP contribution in [-0.4, -0.2) is 97.8 Å². The number of anilines is 1. The van der Waals surface area contributed by atoms with Gasteiger partial charge in [-0.05, 0) is 19.5 Å². The highest BCUT2D eigenvalue weighted by molar-refractivity contribution is 5.93. The number of aromatic nitrogens is 2. The summed E-state index contributed by atoms with van der Waals surface area (Å²) in [6.07, 6.45) is 4.18. The van der Waals surface area contributed by atoms with Gasteiger partial charge in [0, 0.05) is 58.2 Å². The quantitative estimate of drug-likeness (QED) is 0.688. The lowest BCUT2D eigenvalue weighted by atomic mass is 10.2. The van der Waals surface area contributed by atoms with E-state index in [0.717, 1.165) is 58.8 Å². The molecule has 1 aromatic rings. The molecule has 1 aromatic heterocycles. The van der Waals surface area contributed by atoms with Crippen molar-refractivity contribution in [3.63, 3.8) is 0 Å². The van der Waals surface area contributed by atoms with E-state index in [1.54, 1.807) is 12.4 Å². The Balaban J connectivity index is 1.35. The first-order valence-electron chi connectivity index (χ1n) is 9.64. The van der Waals surface area contributed by atoms with Crippen LogP contribution in [0.4, 0.5) is 5.95 Å². The maximum atomic E-state index is 12.2. The van der Waals surface area contributed by atoms with E-state index in [1.165, 1.54) is 0 Å². The summed E-state index contributed by atoms with van der Waals surface area (Å²) in [5.41, 5.74) is 0.513. The molecule has 0 radical (unpaired) electrons. The van der Waals surface area contributed by atoms with Crippen LogP contribution in [0.25, 0.3) is 0 Å². The van der Waals surface area contributed by atoms with Gasteiger partial charge in [-0.2, -0.15) is 0 Å². The summed E-state index contributed by atoms with van der Waals surface area (Å²) in [7, 11) is 0. The number of carbonyl (C=O) groups is 1. The van der Waals surface area contributed by atoms with Crippen molar-refractivity contribution < 1.29 is 9.53 Å². The third kappa shape index (κ3) is 5.36. The van der Waals surface area contributed by atoms with Gasteiger partial charge in [-0.25, -0.2) is 9.97 Å². The zero-order valence-electron chi connectivity index (χ0n) is 15.7. The van der Waals surface area contributed by atoms with Crippen LogP contribution < -0.4 is 10.2 Å². The topological polar surface area (TPSA) is 73.8 Å². The molecule has 3 rings (SSSR count). The minimum atomic E-state index is -0.102. The molecule has 26 heavy (non-hydrogen) atoms. The molecule has 1 amide bonds. The molecule has 0 atom stereocenters. The van der Waals surface area contributed by atoms with E-state index in [0.29, 0.717) is 31.3 Å². The van der Waals surface area contributed by atoms with Gasteiger partial charge < -0.3 is 24.8 Å². The molecule has 0 spiro atoms. The molecule has 2 saturated heterocycles. The lowest BCUT2D eigenvalue weighted by Crippen LogP contribution is -2.46. The van der Waals surface area contributed by atoms with Crippen molar-refractivity contribution in [2.75, 3.05) is 77.0 Å². The second kappa shape index (κ2) is 9.80. The van der Waals surface area contributed by atoms with Gasteiger partial charge in [-0.1, -0.05) is 6.92 Å². The molecule has 2 aliphatic heterocycles. The number of piperazine rings is 1. The average molecular weight is 362 g/mol.